The second kappa shape index (κ2) is 12.2. The summed E-state index contributed by atoms with van der Waals surface area (Å²) < 4.78 is 16.5. The Labute approximate surface area is 200 Å². The molecule has 0 radical (unpaired) electrons. The van der Waals surface area contributed by atoms with Crippen LogP contribution in [-0.2, 0) is 25.7 Å². The summed E-state index contributed by atoms with van der Waals surface area (Å²) in [6.07, 6.45) is 6.09. The van der Waals surface area contributed by atoms with Gasteiger partial charge < -0.3 is 14.2 Å². The first-order valence-corrected chi connectivity index (χ1v) is 10.9. The van der Waals surface area contributed by atoms with Crippen molar-refractivity contribution >= 4 is 24.1 Å². The van der Waals surface area contributed by atoms with E-state index in [1.165, 1.54) is 20.1 Å². The first-order chi connectivity index (χ1) is 16.5. The molecule has 0 aliphatic carbocycles. The summed E-state index contributed by atoms with van der Waals surface area (Å²) in [7, 11) is 1.33. The maximum absolute atomic E-state index is 11.9. The molecule has 0 aromatic heterocycles. The molecule has 34 heavy (non-hydrogen) atoms. The van der Waals surface area contributed by atoms with Crippen molar-refractivity contribution in [2.75, 3.05) is 7.11 Å². The number of esters is 2. The van der Waals surface area contributed by atoms with Crippen LogP contribution in [0.3, 0.4) is 0 Å². The molecule has 0 saturated heterocycles. The maximum Gasteiger partial charge on any atom is 0.330 e. The van der Waals surface area contributed by atoms with E-state index in [1.54, 1.807) is 6.08 Å². The number of methoxy groups -OCH3 is 1. The van der Waals surface area contributed by atoms with E-state index in [-0.39, 0.29) is 0 Å². The average Bonchev–Trinajstić information content (AvgIpc) is 2.85. The fourth-order valence-corrected chi connectivity index (χ4v) is 3.44. The summed E-state index contributed by atoms with van der Waals surface area (Å²) in [6, 6.07) is 23.3. The number of carbonyl (C=O) groups is 2. The van der Waals surface area contributed by atoms with Crippen LogP contribution >= 0.6 is 0 Å². The van der Waals surface area contributed by atoms with Crippen LogP contribution < -0.4 is 4.74 Å². The molecule has 3 aromatic rings. The summed E-state index contributed by atoms with van der Waals surface area (Å²) in [5.74, 6) is -0.151. The van der Waals surface area contributed by atoms with E-state index >= 15 is 0 Å². The van der Waals surface area contributed by atoms with Crippen molar-refractivity contribution in [3.8, 4) is 5.75 Å². The minimum absolute atomic E-state index is 0.399. The molecule has 0 saturated carbocycles. The highest BCUT2D eigenvalue weighted by Crippen LogP contribution is 2.33. The third-order valence-corrected chi connectivity index (χ3v) is 5.11. The number of rotatable bonds is 9. The van der Waals surface area contributed by atoms with Gasteiger partial charge >= 0.3 is 11.9 Å². The highest BCUT2D eigenvalue weighted by Gasteiger charge is 2.18. The monoisotopic (exact) mass is 456 g/mol. The van der Waals surface area contributed by atoms with Gasteiger partial charge in [0.15, 0.2) is 0 Å². The molecular weight excluding hydrogens is 428 g/mol. The lowest BCUT2D eigenvalue weighted by molar-refractivity contribution is -0.144. The normalized spacial score (nSPS) is 12.0. The molecule has 3 aromatic carbocycles. The molecule has 0 aliphatic rings. The molecule has 0 heterocycles. The Bertz CT molecular complexity index is 1180. The van der Waals surface area contributed by atoms with Crippen molar-refractivity contribution in [3.05, 3.63) is 113 Å². The van der Waals surface area contributed by atoms with E-state index < -0.39 is 18.0 Å². The molecule has 3 rings (SSSR count). The first-order valence-electron chi connectivity index (χ1n) is 10.9. The summed E-state index contributed by atoms with van der Waals surface area (Å²) in [5.41, 5.74) is 4.43. The molecule has 5 nitrogen and oxygen atoms in total. The van der Waals surface area contributed by atoms with Crippen LogP contribution in [0.15, 0.2) is 84.9 Å². The van der Waals surface area contributed by atoms with Gasteiger partial charge in [-0.1, -0.05) is 78.9 Å². The van der Waals surface area contributed by atoms with Crippen LogP contribution in [-0.4, -0.2) is 19.0 Å². The zero-order valence-corrected chi connectivity index (χ0v) is 19.6. The van der Waals surface area contributed by atoms with Gasteiger partial charge in [-0.3, -0.25) is 4.79 Å². The smallest absolute Gasteiger partial charge is 0.330 e. The predicted molar refractivity (Wildman–Crippen MR) is 133 cm³/mol. The zero-order valence-electron chi connectivity index (χ0n) is 19.6. The lowest BCUT2D eigenvalue weighted by atomic mass is 10.0. The minimum atomic E-state index is -0.652. The topological polar surface area (TPSA) is 61.8 Å². The Hall–Kier alpha value is -4.12. The third kappa shape index (κ3) is 6.94. The summed E-state index contributed by atoms with van der Waals surface area (Å²) >= 11 is 0. The molecule has 1 atom stereocenters. The summed E-state index contributed by atoms with van der Waals surface area (Å²) in [4.78, 5) is 23.4. The first kappa shape index (κ1) is 24.5. The molecular formula is C29H28O5. The van der Waals surface area contributed by atoms with Crippen LogP contribution in [0.5, 0.6) is 5.75 Å². The average molecular weight is 457 g/mol. The van der Waals surface area contributed by atoms with E-state index in [9.17, 15) is 9.59 Å². The molecule has 1 unspecified atom stereocenters. The quantitative estimate of drug-likeness (QED) is 0.289. The number of para-hydroxylation sites is 1. The highest BCUT2D eigenvalue weighted by molar-refractivity contribution is 5.87. The van der Waals surface area contributed by atoms with Gasteiger partial charge in [0, 0.05) is 18.6 Å². The molecule has 0 amide bonds. The molecule has 0 aliphatic heterocycles. The van der Waals surface area contributed by atoms with Crippen molar-refractivity contribution < 1.29 is 23.8 Å². The molecule has 0 fully saturated rings. The Morgan fingerprint density at radius 3 is 2.24 bits per heavy atom. The fraction of sp³-hybridized carbons (Fsp3) is 0.172. The number of benzene rings is 3. The molecule has 0 bridgehead atoms. The Balaban J connectivity index is 1.92. The lowest BCUT2D eigenvalue weighted by Crippen LogP contribution is -2.09. The van der Waals surface area contributed by atoms with Crippen LogP contribution in [0.2, 0.25) is 0 Å². The number of carbonyl (C=O) groups excluding carboxylic acids is 2. The summed E-state index contributed by atoms with van der Waals surface area (Å²) in [6.45, 7) is 3.75. The number of aryl methyl sites for hydroxylation is 1. The van der Waals surface area contributed by atoms with Crippen molar-refractivity contribution in [1.29, 1.82) is 0 Å². The Kier molecular flexibility index (Phi) is 8.81. The van der Waals surface area contributed by atoms with Crippen LogP contribution in [0.25, 0.3) is 12.2 Å². The summed E-state index contributed by atoms with van der Waals surface area (Å²) in [5, 5.41) is 0. The van der Waals surface area contributed by atoms with Gasteiger partial charge in [-0.25, -0.2) is 4.79 Å². The van der Waals surface area contributed by atoms with Gasteiger partial charge in [0.2, 0.25) is 0 Å². The number of hydrogen-bond acceptors (Lipinski definition) is 5. The van der Waals surface area contributed by atoms with Crippen LogP contribution in [0.1, 0.15) is 40.8 Å². The Morgan fingerprint density at radius 2 is 1.56 bits per heavy atom. The molecule has 0 N–H and O–H groups in total. The van der Waals surface area contributed by atoms with E-state index in [4.69, 9.17) is 9.47 Å². The van der Waals surface area contributed by atoms with Crippen LogP contribution in [0, 0.1) is 6.92 Å². The standard InChI is InChI=1S/C29H28O5/c1-21-10-9-15-26(29(21)33-20-23-11-5-4-6-12-23)27(34-22(2)30)18-16-24-13-7-8-14-25(24)17-19-28(31)32-3/h4-19,27H,20H2,1-3H3. The van der Waals surface area contributed by atoms with Crippen molar-refractivity contribution in [2.24, 2.45) is 0 Å². The number of ether oxygens (including phenoxy) is 3. The lowest BCUT2D eigenvalue weighted by Gasteiger charge is -2.20. The van der Waals surface area contributed by atoms with Crippen LogP contribution in [0.4, 0.5) is 0 Å². The van der Waals surface area contributed by atoms with Gasteiger partial charge in [-0.2, -0.15) is 0 Å². The molecule has 0 spiro atoms. The predicted octanol–water partition coefficient (Wildman–Crippen LogP) is 6.08. The van der Waals surface area contributed by atoms with Gasteiger partial charge in [-0.05, 0) is 41.3 Å². The Morgan fingerprint density at radius 1 is 0.882 bits per heavy atom. The van der Waals surface area contributed by atoms with Crippen molar-refractivity contribution in [1.82, 2.24) is 0 Å². The van der Waals surface area contributed by atoms with Gasteiger partial charge in [0.05, 0.1) is 7.11 Å². The van der Waals surface area contributed by atoms with E-state index in [0.29, 0.717) is 12.4 Å². The molecule has 5 heteroatoms. The molecule has 174 valence electrons. The van der Waals surface area contributed by atoms with Gasteiger partial charge in [0.1, 0.15) is 18.5 Å². The van der Waals surface area contributed by atoms with E-state index in [2.05, 4.69) is 4.74 Å². The van der Waals surface area contributed by atoms with E-state index in [0.717, 1.165) is 27.8 Å². The number of hydrogen-bond donors (Lipinski definition) is 0. The van der Waals surface area contributed by atoms with Gasteiger partial charge in [-0.15, -0.1) is 0 Å². The minimum Gasteiger partial charge on any atom is -0.488 e. The van der Waals surface area contributed by atoms with Gasteiger partial charge in [0.25, 0.3) is 0 Å². The fourth-order valence-electron chi connectivity index (χ4n) is 3.44. The van der Waals surface area contributed by atoms with E-state index in [1.807, 2.05) is 91.9 Å². The van der Waals surface area contributed by atoms with Crippen molar-refractivity contribution in [2.45, 2.75) is 26.6 Å². The largest absolute Gasteiger partial charge is 0.488 e. The van der Waals surface area contributed by atoms with Crippen molar-refractivity contribution in [3.63, 3.8) is 0 Å². The second-order valence-electron chi connectivity index (χ2n) is 7.64. The second-order valence-corrected chi connectivity index (χ2v) is 7.64. The highest BCUT2D eigenvalue weighted by atomic mass is 16.5. The maximum atomic E-state index is 11.9. The SMILES string of the molecule is COC(=O)C=Cc1ccccc1C=CC(OC(C)=O)c1cccc(C)c1OCc1ccccc1. The zero-order chi connectivity index (χ0) is 24.3. The third-order valence-electron chi connectivity index (χ3n) is 5.11.